The van der Waals surface area contributed by atoms with E-state index in [1.165, 1.54) is 0 Å². The minimum Gasteiger partial charge on any atom is -0.381 e. The van der Waals surface area contributed by atoms with Crippen LogP contribution in [0.25, 0.3) is 0 Å². The molecule has 3 fully saturated rings. The van der Waals surface area contributed by atoms with E-state index < -0.39 is 0 Å². The topological polar surface area (TPSA) is 41.6 Å². The van der Waals surface area contributed by atoms with Gasteiger partial charge in [0.1, 0.15) is 0 Å². The Morgan fingerprint density at radius 1 is 1.12 bits per heavy atom. The first-order valence-corrected chi connectivity index (χ1v) is 6.92. The van der Waals surface area contributed by atoms with E-state index in [2.05, 4.69) is 10.2 Å². The molecule has 3 rings (SSSR count). The van der Waals surface area contributed by atoms with Gasteiger partial charge in [0.2, 0.25) is 5.91 Å². The maximum absolute atomic E-state index is 12.4. The highest BCUT2D eigenvalue weighted by Crippen LogP contribution is 2.30. The average Bonchev–Trinajstić information content (AvgIpc) is 2.86. The van der Waals surface area contributed by atoms with Crippen LogP contribution in [0, 0.1) is 17.8 Å². The summed E-state index contributed by atoms with van der Waals surface area (Å²) in [5.74, 6) is 1.99. The van der Waals surface area contributed by atoms with Crippen molar-refractivity contribution in [2.24, 2.45) is 17.8 Å². The van der Waals surface area contributed by atoms with E-state index in [0.29, 0.717) is 17.7 Å². The first-order chi connectivity index (χ1) is 8.34. The Kier molecular flexibility index (Phi) is 3.34. The van der Waals surface area contributed by atoms with E-state index in [1.807, 2.05) is 0 Å². The molecule has 4 heteroatoms. The minimum atomic E-state index is 0.273. The van der Waals surface area contributed by atoms with E-state index >= 15 is 0 Å². The lowest BCUT2D eigenvalue weighted by atomic mass is 9.87. The molecule has 0 bridgehead atoms. The van der Waals surface area contributed by atoms with Gasteiger partial charge in [-0.2, -0.15) is 0 Å². The largest absolute Gasteiger partial charge is 0.381 e. The van der Waals surface area contributed by atoms with Crippen LogP contribution in [-0.2, 0) is 9.53 Å². The SMILES string of the molecule is O=C(C1CCNCC1)N1CC[C@H]2COC[C@@H]2C1. The molecule has 0 aromatic rings. The summed E-state index contributed by atoms with van der Waals surface area (Å²) in [5, 5.41) is 3.32. The molecule has 0 saturated carbocycles. The number of nitrogens with zero attached hydrogens (tertiary/aromatic N) is 1. The Bertz CT molecular complexity index is 289. The monoisotopic (exact) mass is 238 g/mol. The lowest BCUT2D eigenvalue weighted by molar-refractivity contribution is -0.138. The highest BCUT2D eigenvalue weighted by molar-refractivity contribution is 5.79. The molecular weight excluding hydrogens is 216 g/mol. The number of likely N-dealkylation sites (tertiary alicyclic amines) is 1. The number of nitrogens with one attached hydrogen (secondary N) is 1. The molecule has 2 atom stereocenters. The van der Waals surface area contributed by atoms with Crippen LogP contribution in [0.15, 0.2) is 0 Å². The highest BCUT2D eigenvalue weighted by Gasteiger charge is 2.37. The lowest BCUT2D eigenvalue weighted by Gasteiger charge is -2.36. The molecule has 96 valence electrons. The van der Waals surface area contributed by atoms with Gasteiger partial charge in [-0.25, -0.2) is 0 Å². The van der Waals surface area contributed by atoms with Gasteiger partial charge in [0, 0.05) is 31.5 Å². The predicted molar refractivity (Wildman–Crippen MR) is 64.6 cm³/mol. The van der Waals surface area contributed by atoms with Gasteiger partial charge in [-0.3, -0.25) is 4.79 Å². The third-order valence-corrected chi connectivity index (χ3v) is 4.56. The fourth-order valence-corrected chi connectivity index (χ4v) is 3.39. The zero-order valence-corrected chi connectivity index (χ0v) is 10.4. The van der Waals surface area contributed by atoms with Crippen molar-refractivity contribution in [3.8, 4) is 0 Å². The predicted octanol–water partition coefficient (Wildman–Crippen LogP) is 0.481. The van der Waals surface area contributed by atoms with Crippen LogP contribution in [0.5, 0.6) is 0 Å². The summed E-state index contributed by atoms with van der Waals surface area (Å²) in [6, 6.07) is 0. The fraction of sp³-hybridized carbons (Fsp3) is 0.923. The average molecular weight is 238 g/mol. The standard InChI is InChI=1S/C13H22N2O2/c16-13(10-1-4-14-5-2-10)15-6-3-11-8-17-9-12(11)7-15/h10-12,14H,1-9H2/t11-,12-/m0/s1. The molecule has 0 radical (unpaired) electrons. The lowest BCUT2D eigenvalue weighted by Crippen LogP contribution is -2.47. The van der Waals surface area contributed by atoms with Crippen molar-refractivity contribution in [2.45, 2.75) is 19.3 Å². The van der Waals surface area contributed by atoms with Crippen LogP contribution in [0.2, 0.25) is 0 Å². The van der Waals surface area contributed by atoms with Gasteiger partial charge in [0.05, 0.1) is 6.61 Å². The van der Waals surface area contributed by atoms with Crippen molar-refractivity contribution in [1.29, 1.82) is 0 Å². The van der Waals surface area contributed by atoms with Crippen molar-refractivity contribution in [3.05, 3.63) is 0 Å². The van der Waals surface area contributed by atoms with Crippen LogP contribution in [0.3, 0.4) is 0 Å². The quantitative estimate of drug-likeness (QED) is 0.722. The van der Waals surface area contributed by atoms with Gasteiger partial charge in [-0.1, -0.05) is 0 Å². The first kappa shape index (κ1) is 11.5. The van der Waals surface area contributed by atoms with Crippen LogP contribution in [0.1, 0.15) is 19.3 Å². The zero-order valence-electron chi connectivity index (χ0n) is 10.4. The molecule has 4 nitrogen and oxygen atoms in total. The van der Waals surface area contributed by atoms with Gasteiger partial charge < -0.3 is 15.0 Å². The summed E-state index contributed by atoms with van der Waals surface area (Å²) in [7, 11) is 0. The molecule has 0 aromatic heterocycles. The van der Waals surface area contributed by atoms with Gasteiger partial charge in [0.15, 0.2) is 0 Å². The second-order valence-electron chi connectivity index (χ2n) is 5.65. The molecular formula is C13H22N2O2. The maximum atomic E-state index is 12.4. The molecule has 3 aliphatic rings. The van der Waals surface area contributed by atoms with Gasteiger partial charge >= 0.3 is 0 Å². The second kappa shape index (κ2) is 4.94. The summed E-state index contributed by atoms with van der Waals surface area (Å²) in [6.45, 7) is 5.67. The van der Waals surface area contributed by atoms with Crippen molar-refractivity contribution < 1.29 is 9.53 Å². The fourth-order valence-electron chi connectivity index (χ4n) is 3.39. The Balaban J connectivity index is 1.58. The van der Waals surface area contributed by atoms with Crippen molar-refractivity contribution in [2.75, 3.05) is 39.4 Å². The Hall–Kier alpha value is -0.610. The third-order valence-electron chi connectivity index (χ3n) is 4.56. The number of piperidine rings is 2. The number of hydrogen-bond acceptors (Lipinski definition) is 3. The smallest absolute Gasteiger partial charge is 0.225 e. The molecule has 3 heterocycles. The van der Waals surface area contributed by atoms with Crippen LogP contribution in [-0.4, -0.2) is 50.2 Å². The Morgan fingerprint density at radius 2 is 1.88 bits per heavy atom. The van der Waals surface area contributed by atoms with Crippen LogP contribution >= 0.6 is 0 Å². The molecule has 0 unspecified atom stereocenters. The molecule has 3 saturated heterocycles. The second-order valence-corrected chi connectivity index (χ2v) is 5.65. The number of carbonyl (C=O) groups is 1. The van der Waals surface area contributed by atoms with Gasteiger partial charge in [0.25, 0.3) is 0 Å². The molecule has 17 heavy (non-hydrogen) atoms. The summed E-state index contributed by atoms with van der Waals surface area (Å²) >= 11 is 0. The van der Waals surface area contributed by atoms with Crippen molar-refractivity contribution >= 4 is 5.91 Å². The summed E-state index contributed by atoms with van der Waals surface area (Å²) in [4.78, 5) is 14.5. The number of carbonyl (C=O) groups excluding carboxylic acids is 1. The Morgan fingerprint density at radius 3 is 2.71 bits per heavy atom. The number of fused-ring (bicyclic) bond motifs is 1. The number of rotatable bonds is 1. The first-order valence-electron chi connectivity index (χ1n) is 6.92. The molecule has 0 aliphatic carbocycles. The summed E-state index contributed by atoms with van der Waals surface area (Å²) < 4.78 is 5.52. The molecule has 0 aromatic carbocycles. The Labute approximate surface area is 103 Å². The molecule has 3 aliphatic heterocycles. The molecule has 0 spiro atoms. The van der Waals surface area contributed by atoms with E-state index in [0.717, 1.165) is 58.7 Å². The maximum Gasteiger partial charge on any atom is 0.225 e. The number of hydrogen-bond donors (Lipinski definition) is 1. The van der Waals surface area contributed by atoms with Crippen molar-refractivity contribution in [1.82, 2.24) is 10.2 Å². The van der Waals surface area contributed by atoms with E-state index in [-0.39, 0.29) is 5.92 Å². The summed E-state index contributed by atoms with van der Waals surface area (Å²) in [5.41, 5.74) is 0. The molecule has 1 amide bonds. The van der Waals surface area contributed by atoms with Gasteiger partial charge in [-0.15, -0.1) is 0 Å². The number of ether oxygens (including phenoxy) is 1. The zero-order chi connectivity index (χ0) is 11.7. The normalized spacial score (nSPS) is 34.7. The van der Waals surface area contributed by atoms with E-state index in [4.69, 9.17) is 4.74 Å². The molecule has 1 N–H and O–H groups in total. The minimum absolute atomic E-state index is 0.273. The number of amides is 1. The van der Waals surface area contributed by atoms with Crippen LogP contribution < -0.4 is 5.32 Å². The van der Waals surface area contributed by atoms with Gasteiger partial charge in [-0.05, 0) is 38.3 Å². The third kappa shape index (κ3) is 2.33. The van der Waals surface area contributed by atoms with E-state index in [9.17, 15) is 4.79 Å². The van der Waals surface area contributed by atoms with Crippen LogP contribution in [0.4, 0.5) is 0 Å². The highest BCUT2D eigenvalue weighted by atomic mass is 16.5. The van der Waals surface area contributed by atoms with E-state index in [1.54, 1.807) is 0 Å². The summed E-state index contributed by atoms with van der Waals surface area (Å²) in [6.07, 6.45) is 3.17. The van der Waals surface area contributed by atoms with Crippen molar-refractivity contribution in [3.63, 3.8) is 0 Å².